The molecule has 27 heavy (non-hydrogen) atoms. The minimum Gasteiger partial charge on any atom is -0.454 e. The average molecular weight is 412 g/mol. The van der Waals surface area contributed by atoms with Crippen LogP contribution in [-0.4, -0.2) is 47.0 Å². The number of Topliss-reactive ketones (excluding diaryl/α,β-unsaturated/α-hetero) is 1. The molecule has 0 atom stereocenters. The van der Waals surface area contributed by atoms with Crippen LogP contribution < -0.4 is 4.72 Å². The van der Waals surface area contributed by atoms with Crippen LogP contribution >= 0.6 is 11.6 Å². The SMILES string of the molecule is COCCNS(=O)(=O)c1ccc(Cl)c(C(=O)OCC(=O)c2ccccc2)c1. The third kappa shape index (κ3) is 5.86. The van der Waals surface area contributed by atoms with Crippen LogP contribution in [0.4, 0.5) is 0 Å². The number of sulfonamides is 1. The Bertz CT molecular complexity index is 915. The van der Waals surface area contributed by atoms with E-state index in [0.29, 0.717) is 5.56 Å². The molecule has 0 saturated heterocycles. The Morgan fingerprint density at radius 1 is 1.11 bits per heavy atom. The molecule has 0 amide bonds. The van der Waals surface area contributed by atoms with E-state index in [1.165, 1.54) is 19.2 Å². The van der Waals surface area contributed by atoms with Crippen LogP contribution in [0.25, 0.3) is 0 Å². The summed E-state index contributed by atoms with van der Waals surface area (Å²) in [5.74, 6) is -1.27. The molecule has 0 aromatic heterocycles. The van der Waals surface area contributed by atoms with Crippen molar-refractivity contribution in [2.75, 3.05) is 26.9 Å². The van der Waals surface area contributed by atoms with Gasteiger partial charge in [-0.2, -0.15) is 0 Å². The van der Waals surface area contributed by atoms with Crippen LogP contribution in [0, 0.1) is 0 Å². The van der Waals surface area contributed by atoms with Gasteiger partial charge in [-0.15, -0.1) is 0 Å². The summed E-state index contributed by atoms with van der Waals surface area (Å²) in [4.78, 5) is 24.1. The smallest absolute Gasteiger partial charge is 0.340 e. The number of nitrogens with one attached hydrogen (secondary N) is 1. The number of hydrogen-bond donors (Lipinski definition) is 1. The van der Waals surface area contributed by atoms with Crippen LogP contribution in [-0.2, 0) is 19.5 Å². The molecular weight excluding hydrogens is 394 g/mol. The van der Waals surface area contributed by atoms with Gasteiger partial charge in [0.2, 0.25) is 10.0 Å². The normalized spacial score (nSPS) is 11.2. The fourth-order valence-corrected chi connectivity index (χ4v) is 3.34. The molecule has 0 radical (unpaired) electrons. The second-order valence-electron chi connectivity index (χ2n) is 5.40. The van der Waals surface area contributed by atoms with Crippen LogP contribution in [0.1, 0.15) is 20.7 Å². The van der Waals surface area contributed by atoms with Gasteiger partial charge in [-0.3, -0.25) is 4.79 Å². The van der Waals surface area contributed by atoms with E-state index in [1.54, 1.807) is 30.3 Å². The molecule has 7 nitrogen and oxygen atoms in total. The molecule has 2 rings (SSSR count). The van der Waals surface area contributed by atoms with Gasteiger partial charge in [0.15, 0.2) is 12.4 Å². The second kappa shape index (κ2) is 9.61. The largest absolute Gasteiger partial charge is 0.454 e. The van der Waals surface area contributed by atoms with E-state index in [0.717, 1.165) is 6.07 Å². The Kier molecular flexibility index (Phi) is 7.49. The molecule has 0 spiro atoms. The number of ether oxygens (including phenoxy) is 2. The van der Waals surface area contributed by atoms with Crippen molar-refractivity contribution in [1.29, 1.82) is 0 Å². The van der Waals surface area contributed by atoms with Crippen molar-refractivity contribution in [3.8, 4) is 0 Å². The predicted octanol–water partition coefficient (Wildman–Crippen LogP) is 2.30. The lowest BCUT2D eigenvalue weighted by molar-refractivity contribution is 0.0474. The van der Waals surface area contributed by atoms with Crippen molar-refractivity contribution in [1.82, 2.24) is 4.72 Å². The highest BCUT2D eigenvalue weighted by atomic mass is 35.5. The van der Waals surface area contributed by atoms with E-state index in [1.807, 2.05) is 0 Å². The van der Waals surface area contributed by atoms with Gasteiger partial charge in [-0.1, -0.05) is 41.9 Å². The molecule has 2 aromatic carbocycles. The van der Waals surface area contributed by atoms with Crippen molar-refractivity contribution in [3.05, 3.63) is 64.7 Å². The number of ketones is 1. The topological polar surface area (TPSA) is 98.8 Å². The molecule has 0 fully saturated rings. The Balaban J connectivity index is 2.11. The Labute approximate surface area is 162 Å². The van der Waals surface area contributed by atoms with Crippen molar-refractivity contribution >= 4 is 33.4 Å². The summed E-state index contributed by atoms with van der Waals surface area (Å²) >= 11 is 5.98. The van der Waals surface area contributed by atoms with Crippen molar-refractivity contribution < 1.29 is 27.5 Å². The minimum absolute atomic E-state index is 0.0167. The summed E-state index contributed by atoms with van der Waals surface area (Å²) in [6.45, 7) is -0.210. The van der Waals surface area contributed by atoms with Crippen LogP contribution in [0.15, 0.2) is 53.4 Å². The molecule has 0 unspecified atom stereocenters. The summed E-state index contributed by atoms with van der Waals surface area (Å²) in [6, 6.07) is 12.0. The molecule has 9 heteroatoms. The molecule has 0 aliphatic carbocycles. The molecule has 0 aliphatic rings. The van der Waals surface area contributed by atoms with Gasteiger partial charge in [0.25, 0.3) is 0 Å². The monoisotopic (exact) mass is 411 g/mol. The predicted molar refractivity (Wildman–Crippen MR) is 99.6 cm³/mol. The van der Waals surface area contributed by atoms with E-state index in [2.05, 4.69) is 4.72 Å². The van der Waals surface area contributed by atoms with Crippen LogP contribution in [0.3, 0.4) is 0 Å². The summed E-state index contributed by atoms with van der Waals surface area (Å²) in [6.07, 6.45) is 0. The van der Waals surface area contributed by atoms with Gasteiger partial charge in [0.1, 0.15) is 0 Å². The van der Waals surface area contributed by atoms with Gasteiger partial charge < -0.3 is 9.47 Å². The molecule has 0 aliphatic heterocycles. The number of rotatable bonds is 9. The zero-order valence-electron chi connectivity index (χ0n) is 14.5. The van der Waals surface area contributed by atoms with E-state index in [-0.39, 0.29) is 34.4 Å². The van der Waals surface area contributed by atoms with Gasteiger partial charge in [0, 0.05) is 19.2 Å². The third-order valence-electron chi connectivity index (χ3n) is 3.50. The first kappa shape index (κ1) is 21.0. The zero-order valence-corrected chi connectivity index (χ0v) is 16.0. The van der Waals surface area contributed by atoms with Gasteiger partial charge in [0.05, 0.1) is 22.1 Å². The third-order valence-corrected chi connectivity index (χ3v) is 5.28. The van der Waals surface area contributed by atoms with E-state index in [4.69, 9.17) is 21.1 Å². The average Bonchev–Trinajstić information content (AvgIpc) is 2.66. The number of benzene rings is 2. The molecule has 0 bridgehead atoms. The maximum atomic E-state index is 12.2. The highest BCUT2D eigenvalue weighted by molar-refractivity contribution is 7.89. The number of methoxy groups -OCH3 is 1. The van der Waals surface area contributed by atoms with E-state index >= 15 is 0 Å². The summed E-state index contributed by atoms with van der Waals surface area (Å²) in [7, 11) is -2.40. The van der Waals surface area contributed by atoms with Gasteiger partial charge in [-0.25, -0.2) is 17.9 Å². The number of hydrogen-bond acceptors (Lipinski definition) is 6. The molecule has 0 heterocycles. The summed E-state index contributed by atoms with van der Waals surface area (Å²) in [5, 5.41) is 0.0167. The van der Waals surface area contributed by atoms with E-state index in [9.17, 15) is 18.0 Å². The number of carbonyl (C=O) groups excluding carboxylic acids is 2. The maximum Gasteiger partial charge on any atom is 0.340 e. The van der Waals surface area contributed by atoms with E-state index < -0.39 is 22.6 Å². The first-order valence-electron chi connectivity index (χ1n) is 7.88. The fraction of sp³-hybridized carbons (Fsp3) is 0.222. The maximum absolute atomic E-state index is 12.2. The lowest BCUT2D eigenvalue weighted by atomic mass is 10.1. The first-order valence-corrected chi connectivity index (χ1v) is 9.75. The van der Waals surface area contributed by atoms with Crippen LogP contribution in [0.5, 0.6) is 0 Å². The first-order chi connectivity index (χ1) is 12.8. The highest BCUT2D eigenvalue weighted by Gasteiger charge is 2.20. The standard InChI is InChI=1S/C18H18ClNO6S/c1-25-10-9-20-27(23,24)14-7-8-16(19)15(11-14)18(22)26-12-17(21)13-5-3-2-4-6-13/h2-8,11,20H,9-10,12H2,1H3. The van der Waals surface area contributed by atoms with Crippen LogP contribution in [0.2, 0.25) is 5.02 Å². The molecule has 2 aromatic rings. The summed E-state index contributed by atoms with van der Waals surface area (Å²) < 4.78 is 36.6. The lowest BCUT2D eigenvalue weighted by Crippen LogP contribution is -2.27. The quantitative estimate of drug-likeness (QED) is 0.386. The second-order valence-corrected chi connectivity index (χ2v) is 7.57. The molecule has 1 N–H and O–H groups in total. The molecule has 144 valence electrons. The zero-order chi connectivity index (χ0) is 19.9. The van der Waals surface area contributed by atoms with Gasteiger partial charge in [-0.05, 0) is 18.2 Å². The number of esters is 1. The number of carbonyl (C=O) groups is 2. The Morgan fingerprint density at radius 2 is 1.81 bits per heavy atom. The van der Waals surface area contributed by atoms with Crippen molar-refractivity contribution in [2.45, 2.75) is 4.90 Å². The Hall–Kier alpha value is -2.26. The summed E-state index contributed by atoms with van der Waals surface area (Å²) in [5.41, 5.74) is 0.252. The Morgan fingerprint density at radius 3 is 2.48 bits per heavy atom. The van der Waals surface area contributed by atoms with Crippen molar-refractivity contribution in [2.24, 2.45) is 0 Å². The van der Waals surface area contributed by atoms with Gasteiger partial charge >= 0.3 is 5.97 Å². The molecule has 0 saturated carbocycles. The lowest BCUT2D eigenvalue weighted by Gasteiger charge is -2.10. The van der Waals surface area contributed by atoms with Crippen molar-refractivity contribution in [3.63, 3.8) is 0 Å². The minimum atomic E-state index is -3.84. The highest BCUT2D eigenvalue weighted by Crippen LogP contribution is 2.21. The molecular formula is C18H18ClNO6S. The fourth-order valence-electron chi connectivity index (χ4n) is 2.11. The number of halogens is 1.